The van der Waals surface area contributed by atoms with Gasteiger partial charge in [-0.25, -0.2) is 4.79 Å². The molecule has 2 amide bonds. The zero-order valence-electron chi connectivity index (χ0n) is 12.4. The van der Waals surface area contributed by atoms with E-state index in [-0.39, 0.29) is 6.03 Å². The van der Waals surface area contributed by atoms with Gasteiger partial charge >= 0.3 is 12.0 Å². The third-order valence-electron chi connectivity index (χ3n) is 3.84. The van der Waals surface area contributed by atoms with E-state index in [1.807, 2.05) is 30.3 Å². The van der Waals surface area contributed by atoms with E-state index in [9.17, 15) is 9.59 Å². The van der Waals surface area contributed by atoms with Gasteiger partial charge in [-0.1, -0.05) is 31.5 Å². The summed E-state index contributed by atoms with van der Waals surface area (Å²) in [6, 6.07) is 9.48. The number of carbonyl (C=O) groups is 2. The van der Waals surface area contributed by atoms with Crippen molar-refractivity contribution in [1.82, 2.24) is 4.90 Å². The molecule has 1 heterocycles. The second-order valence-electron chi connectivity index (χ2n) is 5.39. The summed E-state index contributed by atoms with van der Waals surface area (Å²) in [4.78, 5) is 27.1. The first kappa shape index (κ1) is 15.4. The number of carboxylic acids is 1. The molecule has 1 saturated heterocycles. The topological polar surface area (TPSA) is 60.9 Å². The number of urea groups is 1. The number of carbonyl (C=O) groups excluding carboxylic acids is 1. The Labute approximate surface area is 125 Å². The van der Waals surface area contributed by atoms with Crippen LogP contribution in [0.25, 0.3) is 0 Å². The SMILES string of the molecule is CCCCN(C(=O)N1CCC(C(=O)O)C1)c1ccccc1. The molecule has 114 valence electrons. The predicted molar refractivity (Wildman–Crippen MR) is 81.4 cm³/mol. The molecule has 1 N–H and O–H groups in total. The minimum absolute atomic E-state index is 0.0848. The van der Waals surface area contributed by atoms with E-state index >= 15 is 0 Å². The van der Waals surface area contributed by atoms with Crippen molar-refractivity contribution in [3.8, 4) is 0 Å². The van der Waals surface area contributed by atoms with Crippen molar-refractivity contribution in [2.45, 2.75) is 26.2 Å². The molecule has 2 rings (SSSR count). The van der Waals surface area contributed by atoms with E-state index in [4.69, 9.17) is 5.11 Å². The van der Waals surface area contributed by atoms with Crippen LogP contribution >= 0.6 is 0 Å². The van der Waals surface area contributed by atoms with Gasteiger partial charge in [0.2, 0.25) is 0 Å². The van der Waals surface area contributed by atoms with Crippen molar-refractivity contribution in [2.75, 3.05) is 24.5 Å². The van der Waals surface area contributed by atoms with Crippen LogP contribution in [0.15, 0.2) is 30.3 Å². The molecule has 0 aromatic heterocycles. The van der Waals surface area contributed by atoms with Crippen molar-refractivity contribution in [1.29, 1.82) is 0 Å². The van der Waals surface area contributed by atoms with Gasteiger partial charge in [0.05, 0.1) is 5.92 Å². The molecule has 1 aliphatic rings. The minimum atomic E-state index is -0.815. The third-order valence-corrected chi connectivity index (χ3v) is 3.84. The van der Waals surface area contributed by atoms with E-state index < -0.39 is 11.9 Å². The first-order valence-electron chi connectivity index (χ1n) is 7.47. The predicted octanol–water partition coefficient (Wildman–Crippen LogP) is 2.82. The lowest BCUT2D eigenvalue weighted by Crippen LogP contribution is -2.43. The highest BCUT2D eigenvalue weighted by Crippen LogP contribution is 2.22. The number of likely N-dealkylation sites (tertiary alicyclic amines) is 1. The molecule has 1 atom stereocenters. The Balaban J connectivity index is 2.10. The summed E-state index contributed by atoms with van der Waals surface area (Å²) in [6.07, 6.45) is 2.47. The summed E-state index contributed by atoms with van der Waals surface area (Å²) < 4.78 is 0. The number of benzene rings is 1. The molecule has 0 radical (unpaired) electrons. The van der Waals surface area contributed by atoms with Crippen molar-refractivity contribution in [3.05, 3.63) is 30.3 Å². The lowest BCUT2D eigenvalue weighted by atomic mass is 10.1. The molecule has 5 heteroatoms. The number of amides is 2. The summed E-state index contributed by atoms with van der Waals surface area (Å²) in [6.45, 7) is 3.58. The number of carboxylic acid groups (broad SMARTS) is 1. The smallest absolute Gasteiger partial charge is 0.324 e. The Kier molecular flexibility index (Phi) is 5.20. The molecule has 1 unspecified atom stereocenters. The largest absolute Gasteiger partial charge is 0.481 e. The molecule has 0 saturated carbocycles. The molecule has 0 spiro atoms. The minimum Gasteiger partial charge on any atom is -0.481 e. The number of rotatable bonds is 5. The Morgan fingerprint density at radius 3 is 2.62 bits per heavy atom. The van der Waals surface area contributed by atoms with Crippen LogP contribution in [0.3, 0.4) is 0 Å². The lowest BCUT2D eigenvalue weighted by molar-refractivity contribution is -0.141. The molecule has 1 fully saturated rings. The number of para-hydroxylation sites is 1. The zero-order chi connectivity index (χ0) is 15.2. The van der Waals surface area contributed by atoms with Crippen LogP contribution in [-0.2, 0) is 4.79 Å². The van der Waals surface area contributed by atoms with Gasteiger partial charge in [-0.2, -0.15) is 0 Å². The average Bonchev–Trinajstić information content (AvgIpc) is 2.98. The molecule has 0 aliphatic carbocycles. The molecule has 0 bridgehead atoms. The van der Waals surface area contributed by atoms with Gasteiger partial charge in [-0.15, -0.1) is 0 Å². The molecule has 5 nitrogen and oxygen atoms in total. The second kappa shape index (κ2) is 7.11. The van der Waals surface area contributed by atoms with Crippen LogP contribution in [0.4, 0.5) is 10.5 Å². The Bertz CT molecular complexity index is 490. The van der Waals surface area contributed by atoms with E-state index in [1.165, 1.54) is 0 Å². The van der Waals surface area contributed by atoms with Gasteiger partial charge in [0.25, 0.3) is 0 Å². The van der Waals surface area contributed by atoms with Gasteiger partial charge in [0.15, 0.2) is 0 Å². The number of hydrogen-bond donors (Lipinski definition) is 1. The summed E-state index contributed by atoms with van der Waals surface area (Å²) >= 11 is 0. The first-order chi connectivity index (χ1) is 10.1. The Morgan fingerprint density at radius 1 is 1.33 bits per heavy atom. The zero-order valence-corrected chi connectivity index (χ0v) is 12.4. The summed E-state index contributed by atoms with van der Waals surface area (Å²) in [7, 11) is 0. The fourth-order valence-corrected chi connectivity index (χ4v) is 2.57. The lowest BCUT2D eigenvalue weighted by Gasteiger charge is -2.28. The van der Waals surface area contributed by atoms with E-state index in [0.29, 0.717) is 26.1 Å². The molecule has 1 aromatic rings. The van der Waals surface area contributed by atoms with E-state index in [2.05, 4.69) is 6.92 Å². The van der Waals surface area contributed by atoms with Crippen LogP contribution in [0.1, 0.15) is 26.2 Å². The van der Waals surface area contributed by atoms with Crippen molar-refractivity contribution >= 4 is 17.7 Å². The number of anilines is 1. The number of hydrogen-bond acceptors (Lipinski definition) is 2. The maximum absolute atomic E-state index is 12.7. The van der Waals surface area contributed by atoms with Crippen molar-refractivity contribution in [3.63, 3.8) is 0 Å². The van der Waals surface area contributed by atoms with Crippen LogP contribution in [-0.4, -0.2) is 41.6 Å². The van der Waals surface area contributed by atoms with Gasteiger partial charge in [-0.05, 0) is 25.0 Å². The van der Waals surface area contributed by atoms with E-state index in [1.54, 1.807) is 9.80 Å². The highest BCUT2D eigenvalue weighted by molar-refractivity contribution is 5.92. The molecule has 1 aliphatic heterocycles. The summed E-state index contributed by atoms with van der Waals surface area (Å²) in [5.41, 5.74) is 0.870. The van der Waals surface area contributed by atoms with Crippen LogP contribution in [0.2, 0.25) is 0 Å². The second-order valence-corrected chi connectivity index (χ2v) is 5.39. The fraction of sp³-hybridized carbons (Fsp3) is 0.500. The highest BCUT2D eigenvalue weighted by atomic mass is 16.4. The standard InChI is InChI=1S/C16H22N2O3/c1-2-3-10-18(14-7-5-4-6-8-14)16(21)17-11-9-13(12-17)15(19)20/h4-8,13H,2-3,9-12H2,1H3,(H,19,20). The summed E-state index contributed by atoms with van der Waals surface area (Å²) in [5, 5.41) is 9.06. The van der Waals surface area contributed by atoms with Crippen molar-refractivity contribution in [2.24, 2.45) is 5.92 Å². The van der Waals surface area contributed by atoms with Gasteiger partial charge in [-0.3, -0.25) is 9.69 Å². The van der Waals surface area contributed by atoms with Crippen molar-refractivity contribution < 1.29 is 14.7 Å². The van der Waals surface area contributed by atoms with Crippen LogP contribution in [0.5, 0.6) is 0 Å². The quantitative estimate of drug-likeness (QED) is 0.907. The van der Waals surface area contributed by atoms with E-state index in [0.717, 1.165) is 18.5 Å². The molecule has 21 heavy (non-hydrogen) atoms. The highest BCUT2D eigenvalue weighted by Gasteiger charge is 2.33. The van der Waals surface area contributed by atoms with Gasteiger partial charge in [0, 0.05) is 25.3 Å². The normalized spacial score (nSPS) is 17.8. The maximum Gasteiger partial charge on any atom is 0.324 e. The first-order valence-corrected chi connectivity index (χ1v) is 7.47. The maximum atomic E-state index is 12.7. The monoisotopic (exact) mass is 290 g/mol. The molecular formula is C16H22N2O3. The number of aliphatic carboxylic acids is 1. The molecular weight excluding hydrogens is 268 g/mol. The summed E-state index contributed by atoms with van der Waals surface area (Å²) in [5.74, 6) is -1.25. The fourth-order valence-electron chi connectivity index (χ4n) is 2.57. The van der Waals surface area contributed by atoms with Gasteiger partial charge < -0.3 is 10.0 Å². The van der Waals surface area contributed by atoms with Crippen LogP contribution in [0, 0.1) is 5.92 Å². The molecule has 1 aromatic carbocycles. The number of unbranched alkanes of at least 4 members (excludes halogenated alkanes) is 1. The van der Waals surface area contributed by atoms with Crippen LogP contribution < -0.4 is 4.90 Å². The average molecular weight is 290 g/mol. The third kappa shape index (κ3) is 3.74. The Morgan fingerprint density at radius 2 is 2.05 bits per heavy atom. The Hall–Kier alpha value is -2.04. The van der Waals surface area contributed by atoms with Gasteiger partial charge in [0.1, 0.15) is 0 Å². The number of nitrogens with zero attached hydrogens (tertiary/aromatic N) is 2.